The molecule has 2 rings (SSSR count). The molecule has 0 saturated heterocycles. The van der Waals surface area contributed by atoms with Gasteiger partial charge < -0.3 is 10.6 Å². The summed E-state index contributed by atoms with van der Waals surface area (Å²) in [6.45, 7) is 5.34. The molecule has 0 aliphatic carbocycles. The van der Waals surface area contributed by atoms with Gasteiger partial charge >= 0.3 is 0 Å². The van der Waals surface area contributed by atoms with Crippen molar-refractivity contribution in [1.82, 2.24) is 5.32 Å². The minimum Gasteiger partial charge on any atom is -0.385 e. The first-order chi connectivity index (χ1) is 7.18. The zero-order valence-corrected chi connectivity index (χ0v) is 9.93. The first kappa shape index (κ1) is 10.8. The molecule has 0 amide bonds. The van der Waals surface area contributed by atoms with Gasteiger partial charge in [-0.05, 0) is 18.6 Å². The van der Waals surface area contributed by atoms with Crippen molar-refractivity contribution in [1.29, 1.82) is 0 Å². The van der Waals surface area contributed by atoms with Gasteiger partial charge in [-0.2, -0.15) is 0 Å². The van der Waals surface area contributed by atoms with Crippen LogP contribution in [0.5, 0.6) is 0 Å². The summed E-state index contributed by atoms with van der Waals surface area (Å²) in [5, 5.41) is 7.80. The highest BCUT2D eigenvalue weighted by atomic mass is 35.5. The van der Waals surface area contributed by atoms with Crippen LogP contribution in [0.1, 0.15) is 31.9 Å². The standard InChI is InChI=1S/C12H17ClN2/c1-8(2)15-11-6-7-14-10-5-3-4-9(13)12(10)11/h3-5,8,11,14-15H,6-7H2,1-2H3. The second kappa shape index (κ2) is 4.42. The topological polar surface area (TPSA) is 24.1 Å². The number of benzene rings is 1. The molecule has 1 aromatic rings. The van der Waals surface area contributed by atoms with E-state index in [4.69, 9.17) is 11.6 Å². The van der Waals surface area contributed by atoms with Crippen molar-refractivity contribution in [2.45, 2.75) is 32.4 Å². The van der Waals surface area contributed by atoms with E-state index in [0.29, 0.717) is 12.1 Å². The molecule has 0 spiro atoms. The lowest BCUT2D eigenvalue weighted by Crippen LogP contribution is -2.32. The van der Waals surface area contributed by atoms with Crippen LogP contribution < -0.4 is 10.6 Å². The fraction of sp³-hybridized carbons (Fsp3) is 0.500. The van der Waals surface area contributed by atoms with Crippen molar-refractivity contribution < 1.29 is 0 Å². The van der Waals surface area contributed by atoms with E-state index in [2.05, 4.69) is 30.5 Å². The average Bonchev–Trinajstić information content (AvgIpc) is 2.17. The van der Waals surface area contributed by atoms with Crippen molar-refractivity contribution >= 4 is 17.3 Å². The van der Waals surface area contributed by atoms with Gasteiger partial charge in [-0.1, -0.05) is 31.5 Å². The predicted molar refractivity (Wildman–Crippen MR) is 65.6 cm³/mol. The van der Waals surface area contributed by atoms with Crippen molar-refractivity contribution in [3.8, 4) is 0 Å². The number of halogens is 1. The summed E-state index contributed by atoms with van der Waals surface area (Å²) >= 11 is 6.24. The second-order valence-electron chi connectivity index (χ2n) is 4.29. The van der Waals surface area contributed by atoms with Gasteiger partial charge in [0.2, 0.25) is 0 Å². The van der Waals surface area contributed by atoms with Gasteiger partial charge in [0, 0.05) is 34.9 Å². The molecule has 15 heavy (non-hydrogen) atoms. The Morgan fingerprint density at radius 3 is 3.00 bits per heavy atom. The van der Waals surface area contributed by atoms with Crippen LogP contribution in [0.15, 0.2) is 18.2 Å². The summed E-state index contributed by atoms with van der Waals surface area (Å²) in [7, 11) is 0. The van der Waals surface area contributed by atoms with E-state index in [-0.39, 0.29) is 0 Å². The van der Waals surface area contributed by atoms with E-state index in [1.165, 1.54) is 11.3 Å². The van der Waals surface area contributed by atoms with Crippen LogP contribution in [0, 0.1) is 0 Å². The van der Waals surface area contributed by atoms with Gasteiger partial charge in [0.25, 0.3) is 0 Å². The molecule has 2 N–H and O–H groups in total. The van der Waals surface area contributed by atoms with Gasteiger partial charge in [-0.25, -0.2) is 0 Å². The minimum atomic E-state index is 0.384. The molecule has 2 nitrogen and oxygen atoms in total. The number of nitrogens with one attached hydrogen (secondary N) is 2. The molecular formula is C12H17ClN2. The Morgan fingerprint density at radius 2 is 2.27 bits per heavy atom. The summed E-state index contributed by atoms with van der Waals surface area (Å²) in [6, 6.07) is 6.91. The first-order valence-corrected chi connectivity index (χ1v) is 5.84. The number of anilines is 1. The molecule has 0 bridgehead atoms. The van der Waals surface area contributed by atoms with E-state index in [1.54, 1.807) is 0 Å². The molecule has 1 aliphatic rings. The van der Waals surface area contributed by atoms with Gasteiger partial charge in [0.1, 0.15) is 0 Å². The molecule has 1 aromatic carbocycles. The fourth-order valence-electron chi connectivity index (χ4n) is 2.11. The lowest BCUT2D eigenvalue weighted by molar-refractivity contribution is 0.453. The Bertz CT molecular complexity index is 349. The van der Waals surface area contributed by atoms with Crippen LogP contribution in [0.25, 0.3) is 0 Å². The normalized spacial score (nSPS) is 19.9. The molecule has 1 unspecified atom stereocenters. The Hall–Kier alpha value is -0.730. The van der Waals surface area contributed by atoms with Crippen LogP contribution in [-0.4, -0.2) is 12.6 Å². The van der Waals surface area contributed by atoms with Gasteiger partial charge in [0.05, 0.1) is 0 Å². The summed E-state index contributed by atoms with van der Waals surface area (Å²) in [4.78, 5) is 0. The highest BCUT2D eigenvalue weighted by molar-refractivity contribution is 6.31. The van der Waals surface area contributed by atoms with Crippen LogP contribution in [0.3, 0.4) is 0 Å². The highest BCUT2D eigenvalue weighted by Crippen LogP contribution is 2.35. The molecule has 82 valence electrons. The quantitative estimate of drug-likeness (QED) is 0.806. The van der Waals surface area contributed by atoms with E-state index < -0.39 is 0 Å². The third-order valence-electron chi connectivity index (χ3n) is 2.68. The Kier molecular flexibility index (Phi) is 3.17. The zero-order valence-electron chi connectivity index (χ0n) is 9.18. The third kappa shape index (κ3) is 2.27. The molecule has 1 aliphatic heterocycles. The molecular weight excluding hydrogens is 208 g/mol. The third-order valence-corrected chi connectivity index (χ3v) is 3.01. The van der Waals surface area contributed by atoms with Crippen LogP contribution in [-0.2, 0) is 0 Å². The molecule has 0 radical (unpaired) electrons. The van der Waals surface area contributed by atoms with E-state index in [9.17, 15) is 0 Å². The zero-order chi connectivity index (χ0) is 10.8. The van der Waals surface area contributed by atoms with E-state index in [1.807, 2.05) is 12.1 Å². The lowest BCUT2D eigenvalue weighted by atomic mass is 9.97. The van der Waals surface area contributed by atoms with Gasteiger partial charge in [0.15, 0.2) is 0 Å². The largest absolute Gasteiger partial charge is 0.385 e. The Labute approximate surface area is 96.0 Å². The molecule has 3 heteroatoms. The highest BCUT2D eigenvalue weighted by Gasteiger charge is 2.22. The van der Waals surface area contributed by atoms with Crippen molar-refractivity contribution in [3.05, 3.63) is 28.8 Å². The number of hydrogen-bond acceptors (Lipinski definition) is 2. The SMILES string of the molecule is CC(C)NC1CCNc2cccc(Cl)c21. The van der Waals surface area contributed by atoms with E-state index in [0.717, 1.165) is 18.0 Å². The minimum absolute atomic E-state index is 0.384. The van der Waals surface area contributed by atoms with E-state index >= 15 is 0 Å². The maximum absolute atomic E-state index is 6.24. The van der Waals surface area contributed by atoms with Gasteiger partial charge in [-0.15, -0.1) is 0 Å². The second-order valence-corrected chi connectivity index (χ2v) is 4.70. The van der Waals surface area contributed by atoms with Gasteiger partial charge in [-0.3, -0.25) is 0 Å². The number of fused-ring (bicyclic) bond motifs is 1. The lowest BCUT2D eigenvalue weighted by Gasteiger charge is -2.29. The summed E-state index contributed by atoms with van der Waals surface area (Å²) < 4.78 is 0. The summed E-state index contributed by atoms with van der Waals surface area (Å²) in [5.41, 5.74) is 2.39. The first-order valence-electron chi connectivity index (χ1n) is 5.47. The molecule has 0 fully saturated rings. The summed E-state index contributed by atoms with van der Waals surface area (Å²) in [5.74, 6) is 0. The van der Waals surface area contributed by atoms with Crippen molar-refractivity contribution in [3.63, 3.8) is 0 Å². The van der Waals surface area contributed by atoms with Crippen molar-refractivity contribution in [2.75, 3.05) is 11.9 Å². The Morgan fingerprint density at radius 1 is 1.47 bits per heavy atom. The van der Waals surface area contributed by atoms with Crippen LogP contribution >= 0.6 is 11.6 Å². The molecule has 0 saturated carbocycles. The van der Waals surface area contributed by atoms with Crippen molar-refractivity contribution in [2.24, 2.45) is 0 Å². The summed E-state index contributed by atoms with van der Waals surface area (Å²) in [6.07, 6.45) is 1.09. The smallest absolute Gasteiger partial charge is 0.0474 e. The maximum Gasteiger partial charge on any atom is 0.0474 e. The molecule has 0 aromatic heterocycles. The number of rotatable bonds is 2. The monoisotopic (exact) mass is 224 g/mol. The Balaban J connectivity index is 2.32. The maximum atomic E-state index is 6.24. The van der Waals surface area contributed by atoms with Crippen LogP contribution in [0.4, 0.5) is 5.69 Å². The molecule has 1 atom stereocenters. The van der Waals surface area contributed by atoms with Crippen LogP contribution in [0.2, 0.25) is 5.02 Å². The average molecular weight is 225 g/mol. The number of hydrogen-bond donors (Lipinski definition) is 2. The molecule has 1 heterocycles. The fourth-order valence-corrected chi connectivity index (χ4v) is 2.42. The predicted octanol–water partition coefficient (Wildman–Crippen LogP) is 3.19.